The molecule has 0 aliphatic carbocycles. The van der Waals surface area contributed by atoms with E-state index >= 15 is 0 Å². The van der Waals surface area contributed by atoms with Crippen LogP contribution >= 0.6 is 15.4 Å². The molecule has 0 saturated carbocycles. The minimum absolute atomic E-state index is 0.0748. The van der Waals surface area contributed by atoms with Gasteiger partial charge in [-0.05, 0) is 48.4 Å². The summed E-state index contributed by atoms with van der Waals surface area (Å²) in [5.74, 6) is 0.797. The molecule has 13 nitrogen and oxygen atoms in total. The predicted molar refractivity (Wildman–Crippen MR) is 138 cm³/mol. The van der Waals surface area contributed by atoms with Gasteiger partial charge in [0.25, 0.3) is 0 Å². The first kappa shape index (κ1) is 26.6. The van der Waals surface area contributed by atoms with E-state index < -0.39 is 21.0 Å². The number of phenols is 1. The number of rotatable bonds is 11. The van der Waals surface area contributed by atoms with Crippen LogP contribution in [0.15, 0.2) is 54.9 Å². The molecule has 2 aromatic heterocycles. The maximum absolute atomic E-state index is 12.3. The molecule has 0 aliphatic rings. The second-order valence-corrected chi connectivity index (χ2v) is 11.7. The van der Waals surface area contributed by atoms with Gasteiger partial charge in [0.15, 0.2) is 22.3 Å². The molecule has 0 amide bonds. The Bertz CT molecular complexity index is 1460. The number of nitrogens with zero attached hydrogens (tertiary/aromatic N) is 4. The van der Waals surface area contributed by atoms with E-state index in [1.54, 1.807) is 24.5 Å². The molecule has 37 heavy (non-hydrogen) atoms. The molecule has 2 aromatic carbocycles. The van der Waals surface area contributed by atoms with Crippen molar-refractivity contribution in [2.24, 2.45) is 0 Å². The lowest BCUT2D eigenvalue weighted by Gasteiger charge is -2.11. The molecule has 194 valence electrons. The molecule has 2 atom stereocenters. The summed E-state index contributed by atoms with van der Waals surface area (Å²) in [6.45, 7) is 0.631. The Hall–Kier alpha value is -3.44. The first-order valence-electron chi connectivity index (χ1n) is 11.1. The van der Waals surface area contributed by atoms with Crippen molar-refractivity contribution in [3.05, 3.63) is 60.4 Å². The molecule has 4 rings (SSSR count). The van der Waals surface area contributed by atoms with Crippen molar-refractivity contribution < 1.29 is 34.2 Å². The van der Waals surface area contributed by atoms with Gasteiger partial charge in [0.2, 0.25) is 5.95 Å². The molecule has 0 bridgehead atoms. The first-order chi connectivity index (χ1) is 17.7. The molecule has 2 heterocycles. The molecule has 0 saturated heterocycles. The zero-order chi connectivity index (χ0) is 26.6. The highest BCUT2D eigenvalue weighted by molar-refractivity contribution is 7.70. The monoisotopic (exact) mass is 547 g/mol. The maximum atomic E-state index is 12.3. The fourth-order valence-electron chi connectivity index (χ4n) is 3.50. The summed E-state index contributed by atoms with van der Waals surface area (Å²) in [5.41, 5.74) is 0.169. The van der Waals surface area contributed by atoms with Gasteiger partial charge in [0, 0.05) is 18.8 Å². The number of aliphatic hydroxyl groups is 2. The Labute approximate surface area is 211 Å². The summed E-state index contributed by atoms with van der Waals surface area (Å²) >= 11 is 0. The van der Waals surface area contributed by atoms with Crippen molar-refractivity contribution in [1.82, 2.24) is 19.5 Å². The van der Waals surface area contributed by atoms with Crippen LogP contribution in [0.4, 0.5) is 17.5 Å². The summed E-state index contributed by atoms with van der Waals surface area (Å²) in [5, 5.41) is 34.7. The Morgan fingerprint density at radius 3 is 2.54 bits per heavy atom. The van der Waals surface area contributed by atoms with Crippen molar-refractivity contribution in [1.29, 1.82) is 0 Å². The summed E-state index contributed by atoms with van der Waals surface area (Å²) < 4.78 is 25.3. The first-order valence-corrected chi connectivity index (χ1v) is 14.1. The normalized spacial score (nSPS) is 12.9. The second kappa shape index (κ2) is 11.3. The number of benzene rings is 2. The van der Waals surface area contributed by atoms with Crippen molar-refractivity contribution >= 4 is 49.3 Å². The smallest absolute Gasteiger partial charge is 0.421 e. The molecular weight excluding hydrogens is 522 g/mol. The van der Waals surface area contributed by atoms with Crippen LogP contribution in [0.1, 0.15) is 5.56 Å². The largest absolute Gasteiger partial charge is 0.508 e. The number of fused-ring (bicyclic) bond motifs is 1. The van der Waals surface area contributed by atoms with Gasteiger partial charge in [-0.2, -0.15) is 9.97 Å². The average molecular weight is 547 g/mol. The lowest BCUT2D eigenvalue weighted by Crippen LogP contribution is -2.11. The van der Waals surface area contributed by atoms with E-state index in [1.165, 1.54) is 24.3 Å². The van der Waals surface area contributed by atoms with E-state index in [0.717, 1.165) is 5.56 Å². The maximum Gasteiger partial charge on any atom is 0.421 e. The van der Waals surface area contributed by atoms with Crippen molar-refractivity contribution in [2.75, 3.05) is 23.8 Å². The number of aliphatic hydroxyl groups excluding tert-OH is 2. The second-order valence-electron chi connectivity index (χ2n) is 8.01. The standard InChI is InChI=1S/C22H24N6O7P2/c29-11-9-23-21-26-19(25-15-4-6-17(7-5-15)36(32)22(31)37(33,34)35)18-20(27-21)28(13-24-18)10-8-14-2-1-3-16(30)12-14/h1-7,12-13,22,29,31H,8-11H2,(H4-,23,25,26,27,30,32,33,34,35)/p+1. The topological polar surface area (TPSA) is 203 Å². The number of aryl methyl sites for hydroxylation is 2. The van der Waals surface area contributed by atoms with Gasteiger partial charge in [-0.1, -0.05) is 16.7 Å². The number of imidazole rings is 1. The third kappa shape index (κ3) is 6.47. The number of aromatic nitrogens is 4. The average Bonchev–Trinajstić information content (AvgIpc) is 3.28. The molecular formula is C22H25N6O7P2+. The van der Waals surface area contributed by atoms with Gasteiger partial charge >= 0.3 is 21.0 Å². The molecule has 7 N–H and O–H groups in total. The number of nitrogens with one attached hydrogen (secondary N) is 2. The van der Waals surface area contributed by atoms with E-state index in [-0.39, 0.29) is 30.2 Å². The van der Waals surface area contributed by atoms with Crippen LogP contribution < -0.4 is 15.9 Å². The summed E-state index contributed by atoms with van der Waals surface area (Å²) in [6.07, 6.45) is 2.24. The highest BCUT2D eigenvalue weighted by Crippen LogP contribution is 2.51. The minimum Gasteiger partial charge on any atom is -0.508 e. The van der Waals surface area contributed by atoms with Crippen molar-refractivity contribution in [2.45, 2.75) is 18.6 Å². The van der Waals surface area contributed by atoms with Crippen molar-refractivity contribution in [3.8, 4) is 5.75 Å². The molecule has 0 spiro atoms. The Morgan fingerprint density at radius 2 is 1.86 bits per heavy atom. The summed E-state index contributed by atoms with van der Waals surface area (Å²) in [4.78, 5) is 31.6. The Balaban J connectivity index is 1.60. The van der Waals surface area contributed by atoms with Crippen LogP contribution in [0.3, 0.4) is 0 Å². The molecule has 2 unspecified atom stereocenters. The van der Waals surface area contributed by atoms with Crippen LogP contribution in [-0.4, -0.2) is 63.4 Å². The third-order valence-electron chi connectivity index (χ3n) is 5.31. The number of aromatic hydroxyl groups is 1. The Morgan fingerprint density at radius 1 is 1.11 bits per heavy atom. The molecule has 0 radical (unpaired) electrons. The summed E-state index contributed by atoms with van der Waals surface area (Å²) in [6, 6.07) is 12.8. The van der Waals surface area contributed by atoms with Gasteiger partial charge in [-0.25, -0.2) is 4.98 Å². The van der Waals surface area contributed by atoms with Crippen molar-refractivity contribution in [3.63, 3.8) is 0 Å². The van der Waals surface area contributed by atoms with Gasteiger partial charge in [-0.15, -0.1) is 0 Å². The number of anilines is 3. The van der Waals surface area contributed by atoms with Gasteiger partial charge in [0.1, 0.15) is 5.75 Å². The number of hydrogen-bond donors (Lipinski definition) is 7. The van der Waals surface area contributed by atoms with Crippen LogP contribution in [-0.2, 0) is 22.1 Å². The highest BCUT2D eigenvalue weighted by atomic mass is 31.2. The van der Waals surface area contributed by atoms with E-state index in [0.29, 0.717) is 35.6 Å². The van der Waals surface area contributed by atoms with Crippen LogP contribution in [0, 0.1) is 0 Å². The zero-order valence-corrected chi connectivity index (χ0v) is 21.1. The lowest BCUT2D eigenvalue weighted by atomic mass is 10.1. The summed E-state index contributed by atoms with van der Waals surface area (Å²) in [7, 11) is -7.66. The number of phenolic OH excluding ortho intramolecular Hbond substituents is 1. The molecule has 0 aliphatic heterocycles. The van der Waals surface area contributed by atoms with E-state index in [2.05, 4.69) is 25.6 Å². The van der Waals surface area contributed by atoms with Crippen LogP contribution in [0.5, 0.6) is 5.75 Å². The zero-order valence-electron chi connectivity index (χ0n) is 19.3. The molecule has 4 aromatic rings. The van der Waals surface area contributed by atoms with Crippen LogP contribution in [0.25, 0.3) is 11.2 Å². The highest BCUT2D eigenvalue weighted by Gasteiger charge is 2.45. The van der Waals surface area contributed by atoms with E-state index in [4.69, 9.17) is 9.79 Å². The quantitative estimate of drug-likeness (QED) is 0.134. The van der Waals surface area contributed by atoms with Gasteiger partial charge in [0.05, 0.1) is 12.9 Å². The minimum atomic E-state index is -4.92. The lowest BCUT2D eigenvalue weighted by molar-refractivity contribution is 0.259. The third-order valence-corrected chi connectivity index (χ3v) is 8.67. The predicted octanol–water partition coefficient (Wildman–Crippen LogP) is 1.83. The van der Waals surface area contributed by atoms with Gasteiger partial charge in [-0.3, -0.25) is 4.57 Å². The number of hydrogen-bond acceptors (Lipinski definition) is 10. The van der Waals surface area contributed by atoms with E-state index in [1.807, 2.05) is 10.6 Å². The SMILES string of the molecule is O=[P+](c1ccc(Nc2nc(NCCO)nc3c2ncn3CCc2cccc(O)c2)cc1)C(O)P(=O)(O)O. The van der Waals surface area contributed by atoms with E-state index in [9.17, 15) is 24.4 Å². The molecule has 0 fully saturated rings. The fourth-order valence-corrected chi connectivity index (χ4v) is 5.70. The molecule has 15 heteroatoms. The Kier molecular flexibility index (Phi) is 8.13. The van der Waals surface area contributed by atoms with Crippen LogP contribution in [0.2, 0.25) is 0 Å². The fraction of sp³-hybridized carbons (Fsp3) is 0.227. The van der Waals surface area contributed by atoms with Gasteiger partial charge < -0.3 is 40.3 Å².